The van der Waals surface area contributed by atoms with Crippen LogP contribution in [0, 0.1) is 0 Å². The van der Waals surface area contributed by atoms with E-state index in [1.54, 1.807) is 18.7 Å². The largest absolute Gasteiger partial charge is 0.396 e. The Bertz CT molecular complexity index is 232. The summed E-state index contributed by atoms with van der Waals surface area (Å²) in [6.45, 7) is 3.87. The summed E-state index contributed by atoms with van der Waals surface area (Å²) in [6.07, 6.45) is -0.0843. The Hall–Kier alpha value is 0.0300. The van der Waals surface area contributed by atoms with Crippen molar-refractivity contribution in [3.05, 3.63) is 0 Å². The van der Waals surface area contributed by atoms with Crippen LogP contribution >= 0.6 is 7.60 Å². The van der Waals surface area contributed by atoms with Crippen molar-refractivity contribution >= 4 is 7.60 Å². The third-order valence-corrected chi connectivity index (χ3v) is 4.73. The van der Waals surface area contributed by atoms with Crippen molar-refractivity contribution in [2.45, 2.75) is 32.0 Å². The zero-order valence-electron chi connectivity index (χ0n) is 9.83. The number of nitrogens with zero attached hydrogens (tertiary/aromatic N) is 1. The molecule has 0 aromatic carbocycles. The van der Waals surface area contributed by atoms with Crippen LogP contribution in [0.5, 0.6) is 0 Å². The molecule has 0 saturated carbocycles. The van der Waals surface area contributed by atoms with E-state index in [4.69, 9.17) is 10.2 Å². The molecule has 6 nitrogen and oxygen atoms in total. The quantitative estimate of drug-likeness (QED) is 0.454. The predicted octanol–water partition coefficient (Wildman–Crippen LogP) is -0.0330. The van der Waals surface area contributed by atoms with E-state index in [1.165, 1.54) is 0 Å². The zero-order chi connectivity index (χ0) is 12.8. The van der Waals surface area contributed by atoms with E-state index in [0.717, 1.165) is 0 Å². The summed E-state index contributed by atoms with van der Waals surface area (Å²) in [5.41, 5.74) is 0. The molecule has 0 rings (SSSR count). The first-order valence-electron chi connectivity index (χ1n) is 5.42. The van der Waals surface area contributed by atoms with E-state index < -0.39 is 12.9 Å². The van der Waals surface area contributed by atoms with Crippen LogP contribution in [0.4, 0.5) is 0 Å². The summed E-state index contributed by atoms with van der Waals surface area (Å²) >= 11 is 0. The SMILES string of the molecule is CCN(CC)C(CCO)(CCO)P(=O)(O)O. The Morgan fingerprint density at radius 1 is 1.06 bits per heavy atom. The molecule has 0 atom stereocenters. The van der Waals surface area contributed by atoms with Gasteiger partial charge in [-0.15, -0.1) is 0 Å². The Balaban J connectivity index is 5.31. The van der Waals surface area contributed by atoms with Gasteiger partial charge in [0.05, 0.1) is 0 Å². The second-order valence-electron chi connectivity index (χ2n) is 3.65. The summed E-state index contributed by atoms with van der Waals surface area (Å²) in [5, 5.41) is 16.5. The average molecular weight is 255 g/mol. The van der Waals surface area contributed by atoms with Crippen molar-refractivity contribution in [3.8, 4) is 0 Å². The van der Waals surface area contributed by atoms with E-state index in [9.17, 15) is 14.4 Å². The summed E-state index contributed by atoms with van der Waals surface area (Å²) in [7, 11) is -4.42. The van der Waals surface area contributed by atoms with Gasteiger partial charge in [-0.3, -0.25) is 9.46 Å². The third-order valence-electron chi connectivity index (χ3n) is 2.92. The number of aliphatic hydroxyl groups excluding tert-OH is 2. The molecule has 98 valence electrons. The molecule has 0 amide bonds. The van der Waals surface area contributed by atoms with Crippen LogP contribution < -0.4 is 0 Å². The molecule has 0 aromatic heterocycles. The number of hydrogen-bond acceptors (Lipinski definition) is 4. The molecular weight excluding hydrogens is 233 g/mol. The lowest BCUT2D eigenvalue weighted by atomic mass is 10.1. The summed E-state index contributed by atoms with van der Waals surface area (Å²) < 4.78 is 11.6. The molecule has 0 saturated heterocycles. The smallest absolute Gasteiger partial charge is 0.345 e. The Morgan fingerprint density at radius 3 is 1.62 bits per heavy atom. The average Bonchev–Trinajstić information content (AvgIpc) is 2.18. The maximum absolute atomic E-state index is 11.6. The van der Waals surface area contributed by atoms with Crippen molar-refractivity contribution in [1.29, 1.82) is 0 Å². The van der Waals surface area contributed by atoms with Gasteiger partial charge in [-0.2, -0.15) is 0 Å². The Labute approximate surface area is 96.1 Å². The molecule has 0 aliphatic carbocycles. The molecule has 0 bridgehead atoms. The highest BCUT2D eigenvalue weighted by atomic mass is 31.2. The molecule has 0 fully saturated rings. The summed E-state index contributed by atoms with van der Waals surface area (Å²) in [4.78, 5) is 20.6. The number of aliphatic hydroxyl groups is 2. The molecule has 0 heterocycles. The monoisotopic (exact) mass is 255 g/mol. The minimum absolute atomic E-state index is 0.0421. The van der Waals surface area contributed by atoms with E-state index >= 15 is 0 Å². The van der Waals surface area contributed by atoms with E-state index in [-0.39, 0.29) is 26.1 Å². The minimum atomic E-state index is -4.42. The van der Waals surface area contributed by atoms with E-state index in [0.29, 0.717) is 13.1 Å². The van der Waals surface area contributed by atoms with Crippen LogP contribution in [0.25, 0.3) is 0 Å². The predicted molar refractivity (Wildman–Crippen MR) is 61.1 cm³/mol. The van der Waals surface area contributed by atoms with Crippen LogP contribution in [0.3, 0.4) is 0 Å². The van der Waals surface area contributed by atoms with Crippen molar-refractivity contribution in [2.24, 2.45) is 0 Å². The third kappa shape index (κ3) is 3.26. The highest BCUT2D eigenvalue weighted by Crippen LogP contribution is 2.56. The van der Waals surface area contributed by atoms with E-state index in [2.05, 4.69) is 0 Å². The first-order valence-corrected chi connectivity index (χ1v) is 7.03. The summed E-state index contributed by atoms with van der Waals surface area (Å²) in [6, 6.07) is 0. The van der Waals surface area contributed by atoms with Gasteiger partial charge in [-0.1, -0.05) is 13.8 Å². The zero-order valence-corrected chi connectivity index (χ0v) is 10.7. The van der Waals surface area contributed by atoms with Crippen molar-refractivity contribution < 1.29 is 24.6 Å². The first-order chi connectivity index (χ1) is 7.39. The lowest BCUT2D eigenvalue weighted by Gasteiger charge is -2.42. The van der Waals surface area contributed by atoms with Crippen LogP contribution in [-0.4, -0.2) is 56.5 Å². The Kier molecular flexibility index (Phi) is 6.70. The molecule has 16 heavy (non-hydrogen) atoms. The number of hydrogen-bond donors (Lipinski definition) is 4. The van der Waals surface area contributed by atoms with Crippen LogP contribution in [0.1, 0.15) is 26.7 Å². The van der Waals surface area contributed by atoms with Gasteiger partial charge in [0.1, 0.15) is 5.28 Å². The minimum Gasteiger partial charge on any atom is -0.396 e. The lowest BCUT2D eigenvalue weighted by Crippen LogP contribution is -2.49. The molecule has 0 aliphatic rings. The van der Waals surface area contributed by atoms with Gasteiger partial charge in [0.2, 0.25) is 0 Å². The molecule has 0 radical (unpaired) electrons. The first kappa shape index (κ1) is 16.0. The second kappa shape index (κ2) is 6.69. The lowest BCUT2D eigenvalue weighted by molar-refractivity contribution is 0.0828. The fourth-order valence-corrected chi connectivity index (χ4v) is 3.52. The second-order valence-corrected chi connectivity index (χ2v) is 5.57. The van der Waals surface area contributed by atoms with Gasteiger partial charge >= 0.3 is 7.60 Å². The van der Waals surface area contributed by atoms with Gasteiger partial charge in [-0.25, -0.2) is 0 Å². The van der Waals surface area contributed by atoms with Gasteiger partial charge in [-0.05, 0) is 13.1 Å². The van der Waals surface area contributed by atoms with Gasteiger partial charge in [0.25, 0.3) is 0 Å². The van der Waals surface area contributed by atoms with Crippen molar-refractivity contribution in [2.75, 3.05) is 26.3 Å². The maximum atomic E-state index is 11.6. The van der Waals surface area contributed by atoms with Crippen molar-refractivity contribution in [3.63, 3.8) is 0 Å². The van der Waals surface area contributed by atoms with Crippen LogP contribution in [0.2, 0.25) is 0 Å². The van der Waals surface area contributed by atoms with Crippen LogP contribution in [-0.2, 0) is 4.57 Å². The Morgan fingerprint density at radius 2 is 1.44 bits per heavy atom. The van der Waals surface area contributed by atoms with Gasteiger partial charge < -0.3 is 20.0 Å². The fourth-order valence-electron chi connectivity index (χ4n) is 2.09. The molecule has 0 aliphatic heterocycles. The number of rotatable bonds is 8. The molecular formula is C9H22NO5P. The maximum Gasteiger partial charge on any atom is 0.345 e. The molecule has 7 heteroatoms. The topological polar surface area (TPSA) is 101 Å². The van der Waals surface area contributed by atoms with Crippen molar-refractivity contribution in [1.82, 2.24) is 4.90 Å². The van der Waals surface area contributed by atoms with Gasteiger partial charge in [0, 0.05) is 26.1 Å². The van der Waals surface area contributed by atoms with Crippen LogP contribution in [0.15, 0.2) is 0 Å². The normalized spacial score (nSPS) is 13.4. The molecule has 0 unspecified atom stereocenters. The highest BCUT2D eigenvalue weighted by Gasteiger charge is 2.49. The van der Waals surface area contributed by atoms with Gasteiger partial charge in [0.15, 0.2) is 0 Å². The summed E-state index contributed by atoms with van der Waals surface area (Å²) in [5.74, 6) is 0. The van der Waals surface area contributed by atoms with E-state index in [1.807, 2.05) is 0 Å². The molecule has 4 N–H and O–H groups in total. The fraction of sp³-hybridized carbons (Fsp3) is 1.00. The molecule has 0 aromatic rings. The standard InChI is InChI=1S/C9H22NO5P/c1-3-10(4-2)9(5-7-11,6-8-12)16(13,14)15/h11-12H,3-8H2,1-2H3,(H2,13,14,15). The highest BCUT2D eigenvalue weighted by molar-refractivity contribution is 7.53. The molecule has 0 spiro atoms.